The highest BCUT2D eigenvalue weighted by molar-refractivity contribution is 5.98. The van der Waals surface area contributed by atoms with E-state index in [0.29, 0.717) is 11.1 Å². The lowest BCUT2D eigenvalue weighted by Crippen LogP contribution is -2.61. The van der Waals surface area contributed by atoms with Crippen molar-refractivity contribution >= 4 is 71.0 Å². The number of phenolic OH excluding ortho intramolecular Hbond substituents is 1. The maximum atomic E-state index is 14.4. The van der Waals surface area contributed by atoms with E-state index in [1.807, 2.05) is 0 Å². The summed E-state index contributed by atoms with van der Waals surface area (Å²) in [7, 11) is 0. The molecule has 0 radical (unpaired) electrons. The van der Waals surface area contributed by atoms with Crippen molar-refractivity contribution in [1.82, 2.24) is 42.1 Å². The van der Waals surface area contributed by atoms with Gasteiger partial charge in [-0.15, -0.1) is 0 Å². The molecule has 30 nitrogen and oxygen atoms in total. The molecule has 30 heteroatoms. The number of aliphatic carboxylic acids is 1. The van der Waals surface area contributed by atoms with Gasteiger partial charge in [0, 0.05) is 38.8 Å². The molecule has 0 unspecified atom stereocenters. The van der Waals surface area contributed by atoms with Crippen molar-refractivity contribution in [2.75, 3.05) is 32.9 Å². The minimum Gasteiger partial charge on any atom is -0.508 e. The number of nitrogens with one attached hydrogen (secondary N) is 7. The molecule has 1 saturated heterocycles. The lowest BCUT2D eigenvalue weighted by molar-refractivity contribution is -0.144. The van der Waals surface area contributed by atoms with Gasteiger partial charge in [0.25, 0.3) is 0 Å². The molecule has 2 aromatic carbocycles. The molecule has 0 spiro atoms. The number of guanidine groups is 1. The lowest BCUT2D eigenvalue weighted by atomic mass is 10.0. The van der Waals surface area contributed by atoms with E-state index in [4.69, 9.17) is 28.7 Å². The van der Waals surface area contributed by atoms with Gasteiger partial charge in [-0.2, -0.15) is 0 Å². The molecular weight excluding hydrogens is 1030 g/mol. The van der Waals surface area contributed by atoms with E-state index in [0.717, 1.165) is 4.90 Å². The summed E-state index contributed by atoms with van der Waals surface area (Å²) in [6.45, 7) is -3.18. The second kappa shape index (κ2) is 32.2. The lowest BCUT2D eigenvalue weighted by Gasteiger charge is -2.31. The quantitative estimate of drug-likeness (QED) is 0.0179. The number of primary amides is 2. The third kappa shape index (κ3) is 21.3. The Kier molecular flexibility index (Phi) is 26.3. The number of aliphatic hydroxyl groups is 3. The van der Waals surface area contributed by atoms with Crippen molar-refractivity contribution in [3.8, 4) is 5.75 Å². The summed E-state index contributed by atoms with van der Waals surface area (Å²) < 4.78 is 0. The maximum absolute atomic E-state index is 14.4. The second-order valence-electron chi connectivity index (χ2n) is 18.1. The molecule has 0 aliphatic carbocycles. The van der Waals surface area contributed by atoms with Gasteiger partial charge in [-0.1, -0.05) is 42.5 Å². The van der Waals surface area contributed by atoms with E-state index in [9.17, 15) is 78.3 Å². The van der Waals surface area contributed by atoms with Crippen LogP contribution in [-0.4, -0.2) is 189 Å². The van der Waals surface area contributed by atoms with Gasteiger partial charge in [-0.3, -0.25) is 52.9 Å². The summed E-state index contributed by atoms with van der Waals surface area (Å²) in [4.78, 5) is 150. The Bertz CT molecular complexity index is 2450. The van der Waals surface area contributed by atoms with Gasteiger partial charge in [-0.05, 0) is 61.8 Å². The van der Waals surface area contributed by atoms with Crippen LogP contribution >= 0.6 is 0 Å². The number of carbonyl (C=O) groups excluding carboxylic acids is 10. The Morgan fingerprint density at radius 1 is 0.564 bits per heavy atom. The number of carboxylic acids is 1. The molecule has 9 atom stereocenters. The van der Waals surface area contributed by atoms with E-state index in [1.165, 1.54) is 24.3 Å². The summed E-state index contributed by atoms with van der Waals surface area (Å²) in [6, 6.07) is -0.341. The molecule has 1 aliphatic heterocycles. The molecule has 78 heavy (non-hydrogen) atoms. The summed E-state index contributed by atoms with van der Waals surface area (Å²) in [5, 5.41) is 66.1. The molecule has 428 valence electrons. The SMILES string of the molecule is NC(=O)CC[C@H](NC(=O)[C@@H](N)CCC(N)=O)C(=O)N[C@@H](CO)C(=O)N[C@@H](Cc1ccc(O)cc1)C(=O)N[C@@H](CO)C(=O)N[C@@H](CCCN=C(N)N)C(=O)N1CCC[C@H]1C(=O)N[C@@H](Cc1ccccc1)C(=O)N[C@@H](CO)C(=O)O. The fourth-order valence-corrected chi connectivity index (χ4v) is 7.87. The van der Waals surface area contributed by atoms with Crippen LogP contribution in [0.4, 0.5) is 0 Å². The zero-order chi connectivity index (χ0) is 58.1. The van der Waals surface area contributed by atoms with Gasteiger partial charge in [0.1, 0.15) is 54.1 Å². The van der Waals surface area contributed by atoms with Gasteiger partial charge in [-0.25, -0.2) is 4.79 Å². The highest BCUT2D eigenvalue weighted by Crippen LogP contribution is 2.21. The second-order valence-corrected chi connectivity index (χ2v) is 18.1. The van der Waals surface area contributed by atoms with E-state index in [1.54, 1.807) is 30.3 Å². The number of hydrogen-bond acceptors (Lipinski definition) is 17. The Morgan fingerprint density at radius 2 is 1.03 bits per heavy atom. The highest BCUT2D eigenvalue weighted by Gasteiger charge is 2.40. The van der Waals surface area contributed by atoms with E-state index in [2.05, 4.69) is 42.2 Å². The first-order valence-electron chi connectivity index (χ1n) is 24.7. The number of aliphatic hydroxyl groups excluding tert-OH is 3. The van der Waals surface area contributed by atoms with Crippen molar-refractivity contribution in [3.05, 3.63) is 65.7 Å². The number of aromatic hydroxyl groups is 1. The fourth-order valence-electron chi connectivity index (χ4n) is 7.87. The smallest absolute Gasteiger partial charge is 0.328 e. The Balaban J connectivity index is 1.88. The molecule has 0 bridgehead atoms. The maximum Gasteiger partial charge on any atom is 0.328 e. The highest BCUT2D eigenvalue weighted by atomic mass is 16.4. The van der Waals surface area contributed by atoms with Gasteiger partial charge in [0.15, 0.2) is 5.96 Å². The zero-order valence-electron chi connectivity index (χ0n) is 42.5. The van der Waals surface area contributed by atoms with Crippen molar-refractivity contribution < 1.29 is 78.3 Å². The fraction of sp³-hybridized carbons (Fsp3) is 0.500. The number of likely N-dealkylation sites (tertiary alicyclic amines) is 1. The van der Waals surface area contributed by atoms with Crippen molar-refractivity contribution in [2.45, 2.75) is 119 Å². The Labute approximate surface area is 447 Å². The summed E-state index contributed by atoms with van der Waals surface area (Å²) in [5.41, 5.74) is 28.1. The average Bonchev–Trinajstić information content (AvgIpc) is 3.90. The number of rotatable bonds is 33. The molecule has 2 aromatic rings. The summed E-state index contributed by atoms with van der Waals surface area (Å²) in [6.07, 6.45) is -1.54. The van der Waals surface area contributed by atoms with Crippen LogP contribution in [0.5, 0.6) is 5.75 Å². The number of nitrogens with zero attached hydrogens (tertiary/aromatic N) is 2. The first-order chi connectivity index (χ1) is 37.0. The molecule has 0 saturated carbocycles. The van der Waals surface area contributed by atoms with Crippen LogP contribution < -0.4 is 65.9 Å². The van der Waals surface area contributed by atoms with Crippen molar-refractivity contribution in [1.29, 1.82) is 0 Å². The van der Waals surface area contributed by atoms with Crippen LogP contribution in [0.1, 0.15) is 62.5 Å². The number of phenols is 1. The predicted octanol–water partition coefficient (Wildman–Crippen LogP) is -7.46. The third-order valence-electron chi connectivity index (χ3n) is 12.1. The van der Waals surface area contributed by atoms with E-state index in [-0.39, 0.29) is 76.2 Å². The van der Waals surface area contributed by atoms with Crippen LogP contribution in [0.25, 0.3) is 0 Å². The molecule has 10 amide bonds. The summed E-state index contributed by atoms with van der Waals surface area (Å²) in [5.74, 6) is -11.6. The normalized spacial score (nSPS) is 15.9. The van der Waals surface area contributed by atoms with Crippen LogP contribution in [0, 0.1) is 0 Å². The molecular formula is C48H70N14O16. The molecule has 3 rings (SSSR count). The average molecular weight is 1100 g/mol. The van der Waals surface area contributed by atoms with Crippen molar-refractivity contribution in [3.63, 3.8) is 0 Å². The number of nitrogens with two attached hydrogens (primary N) is 5. The van der Waals surface area contributed by atoms with E-state index >= 15 is 0 Å². The number of carboxylic acid groups (broad SMARTS) is 1. The topological polar surface area (TPSA) is 519 Å². The Morgan fingerprint density at radius 3 is 1.55 bits per heavy atom. The van der Waals surface area contributed by atoms with Crippen LogP contribution in [-0.2, 0) is 65.6 Å². The summed E-state index contributed by atoms with van der Waals surface area (Å²) >= 11 is 0. The minimum absolute atomic E-state index is 0.0122. The van der Waals surface area contributed by atoms with Gasteiger partial charge >= 0.3 is 5.97 Å². The number of amides is 10. The van der Waals surface area contributed by atoms with Crippen molar-refractivity contribution in [2.24, 2.45) is 33.7 Å². The molecule has 1 fully saturated rings. The number of carbonyl (C=O) groups is 11. The standard InChI is InChI=1S/C48H70N14O16/c49-28(14-16-37(50)67)39(69)55-29(15-17-38(51)68)40(70)59-34(23-64)44(74)57-31(21-26-10-12-27(66)13-11-26)41(71)60-33(22-63)43(73)56-30(8-4-18-54-48(52)53)46(76)62-19-5-9-36(62)45(75)58-32(20-25-6-2-1-3-7-25)42(72)61-35(24-65)47(77)78/h1-3,6-7,10-13,28-36,63-66H,4-5,8-9,14-24,49H2,(H2,50,67)(H2,51,68)(H,55,69)(H,56,73)(H,57,74)(H,58,75)(H,59,70)(H,60,71)(H,61,72)(H,77,78)(H4,52,53,54)/t28-,29-,30-,31-,32-,33-,34-,35-,36-/m0/s1. The van der Waals surface area contributed by atoms with Crippen LogP contribution in [0.3, 0.4) is 0 Å². The first-order valence-corrected chi connectivity index (χ1v) is 24.7. The van der Waals surface area contributed by atoms with Crippen LogP contribution in [0.15, 0.2) is 59.6 Å². The predicted molar refractivity (Wildman–Crippen MR) is 274 cm³/mol. The Hall–Kier alpha value is -8.48. The molecule has 22 N–H and O–H groups in total. The van der Waals surface area contributed by atoms with E-state index < -0.39 is 152 Å². The molecule has 1 heterocycles. The number of aliphatic imine (C=N–C) groups is 1. The molecule has 1 aliphatic rings. The number of hydrogen-bond donors (Lipinski definition) is 17. The monoisotopic (exact) mass is 1100 g/mol. The number of benzene rings is 2. The minimum atomic E-state index is -1.84. The van der Waals surface area contributed by atoms with Gasteiger partial charge < -0.3 is 96.3 Å². The van der Waals surface area contributed by atoms with Gasteiger partial charge in [0.2, 0.25) is 59.1 Å². The first kappa shape index (κ1) is 63.8. The zero-order valence-corrected chi connectivity index (χ0v) is 42.5. The largest absolute Gasteiger partial charge is 0.508 e. The van der Waals surface area contributed by atoms with Crippen LogP contribution in [0.2, 0.25) is 0 Å². The molecule has 0 aromatic heterocycles. The third-order valence-corrected chi connectivity index (χ3v) is 12.1. The van der Waals surface area contributed by atoms with Gasteiger partial charge in [0.05, 0.1) is 25.9 Å².